The molecule has 0 fully saturated rings. The third-order valence-corrected chi connectivity index (χ3v) is 3.59. The lowest BCUT2D eigenvalue weighted by molar-refractivity contribution is -0.386. The smallest absolute Gasteiger partial charge is 0.258 e. The van der Waals surface area contributed by atoms with Crippen molar-refractivity contribution in [3.63, 3.8) is 0 Å². The maximum Gasteiger partial charge on any atom is 0.288 e. The van der Waals surface area contributed by atoms with Crippen LogP contribution in [0.25, 0.3) is 0 Å². The van der Waals surface area contributed by atoms with Crippen LogP contribution in [0.4, 0.5) is 14.5 Å². The highest BCUT2D eigenvalue weighted by atomic mass is 79.9. The molecule has 0 aliphatic carbocycles. The molecule has 0 unspecified atom stereocenters. The predicted molar refractivity (Wildman–Crippen MR) is 56.6 cm³/mol. The van der Waals surface area contributed by atoms with Crippen LogP contribution in [0.2, 0.25) is 0 Å². The summed E-state index contributed by atoms with van der Waals surface area (Å²) in [7, 11) is 0.462. The first-order valence-corrected chi connectivity index (χ1v) is 6.82. The number of alkyl halides is 2. The van der Waals surface area contributed by atoms with Gasteiger partial charge in [0.05, 0.1) is 11.0 Å². The SMILES string of the molecule is O=[N+]([O-])c1cc(S(=O)(=O)Cl)nc(C(F)F)c1Br. The van der Waals surface area contributed by atoms with Crippen LogP contribution in [-0.4, -0.2) is 18.3 Å². The second-order valence-corrected chi connectivity index (χ2v) is 5.98. The van der Waals surface area contributed by atoms with Gasteiger partial charge < -0.3 is 0 Å². The number of aromatic nitrogens is 1. The number of nitro groups is 1. The van der Waals surface area contributed by atoms with E-state index in [0.29, 0.717) is 6.07 Å². The molecule has 6 nitrogen and oxygen atoms in total. The molecule has 0 aliphatic rings. The third-order valence-electron chi connectivity index (χ3n) is 1.59. The zero-order valence-corrected chi connectivity index (χ0v) is 10.8. The van der Waals surface area contributed by atoms with Crippen LogP contribution in [0.3, 0.4) is 0 Å². The summed E-state index contributed by atoms with van der Waals surface area (Å²) in [5.41, 5.74) is -1.91. The van der Waals surface area contributed by atoms with E-state index in [1.54, 1.807) is 0 Å². The Morgan fingerprint density at radius 1 is 1.53 bits per heavy atom. The summed E-state index contributed by atoms with van der Waals surface area (Å²) in [4.78, 5) is 12.6. The second kappa shape index (κ2) is 4.78. The third kappa shape index (κ3) is 3.07. The molecule has 94 valence electrons. The van der Waals surface area contributed by atoms with Gasteiger partial charge in [0.15, 0.2) is 5.03 Å². The Morgan fingerprint density at radius 2 is 2.06 bits per heavy atom. The van der Waals surface area contributed by atoms with Crippen molar-refractivity contribution < 1.29 is 22.1 Å². The molecule has 0 radical (unpaired) electrons. The van der Waals surface area contributed by atoms with E-state index in [1.807, 2.05) is 0 Å². The molecule has 0 bridgehead atoms. The average molecular weight is 352 g/mol. The first-order chi connectivity index (χ1) is 7.64. The molecule has 0 amide bonds. The van der Waals surface area contributed by atoms with Gasteiger partial charge in [-0.15, -0.1) is 0 Å². The molecule has 0 spiro atoms. The fourth-order valence-electron chi connectivity index (χ4n) is 0.914. The zero-order valence-electron chi connectivity index (χ0n) is 7.60. The topological polar surface area (TPSA) is 90.2 Å². The highest BCUT2D eigenvalue weighted by Crippen LogP contribution is 2.35. The molecule has 0 saturated heterocycles. The van der Waals surface area contributed by atoms with Crippen LogP contribution in [0.1, 0.15) is 12.1 Å². The quantitative estimate of drug-likeness (QED) is 0.474. The molecule has 1 rings (SSSR count). The fourth-order valence-corrected chi connectivity index (χ4v) is 2.13. The average Bonchev–Trinajstić information content (AvgIpc) is 2.14. The molecule has 1 heterocycles. The van der Waals surface area contributed by atoms with E-state index >= 15 is 0 Å². The maximum absolute atomic E-state index is 12.5. The highest BCUT2D eigenvalue weighted by Gasteiger charge is 2.27. The monoisotopic (exact) mass is 350 g/mol. The summed E-state index contributed by atoms with van der Waals surface area (Å²) in [5, 5.41) is 9.54. The highest BCUT2D eigenvalue weighted by molar-refractivity contribution is 9.10. The van der Waals surface area contributed by atoms with Crippen molar-refractivity contribution >= 4 is 41.4 Å². The van der Waals surface area contributed by atoms with Crippen molar-refractivity contribution in [1.82, 2.24) is 4.98 Å². The largest absolute Gasteiger partial charge is 0.288 e. The number of halogens is 4. The maximum atomic E-state index is 12.5. The lowest BCUT2D eigenvalue weighted by atomic mass is 10.3. The van der Waals surface area contributed by atoms with Crippen LogP contribution in [-0.2, 0) is 9.05 Å². The molecule has 11 heteroatoms. The van der Waals surface area contributed by atoms with Gasteiger partial charge in [-0.25, -0.2) is 22.2 Å². The van der Waals surface area contributed by atoms with E-state index < -0.39 is 41.3 Å². The van der Waals surface area contributed by atoms with Gasteiger partial charge in [-0.2, -0.15) is 0 Å². The number of nitrogens with zero attached hydrogens (tertiary/aromatic N) is 2. The van der Waals surface area contributed by atoms with Crippen molar-refractivity contribution in [3.8, 4) is 0 Å². The minimum Gasteiger partial charge on any atom is -0.258 e. The number of pyridine rings is 1. The second-order valence-electron chi connectivity index (χ2n) is 2.67. The summed E-state index contributed by atoms with van der Waals surface area (Å²) in [6.45, 7) is 0. The zero-order chi connectivity index (χ0) is 13.4. The molecule has 0 atom stereocenters. The van der Waals surface area contributed by atoms with Gasteiger partial charge in [0.25, 0.3) is 21.2 Å². The summed E-state index contributed by atoms with van der Waals surface area (Å²) in [5.74, 6) is 0. The Morgan fingerprint density at radius 3 is 2.41 bits per heavy atom. The first kappa shape index (κ1) is 14.2. The van der Waals surface area contributed by atoms with Crippen LogP contribution in [0, 0.1) is 10.1 Å². The van der Waals surface area contributed by atoms with Crippen molar-refractivity contribution in [2.24, 2.45) is 0 Å². The first-order valence-electron chi connectivity index (χ1n) is 3.72. The lowest BCUT2D eigenvalue weighted by Gasteiger charge is -2.05. The van der Waals surface area contributed by atoms with Gasteiger partial charge in [0, 0.05) is 10.7 Å². The molecule has 1 aromatic rings. The van der Waals surface area contributed by atoms with Crippen molar-refractivity contribution in [2.75, 3.05) is 0 Å². The minimum atomic E-state index is -4.43. The molecule has 1 aromatic heterocycles. The van der Waals surface area contributed by atoms with Gasteiger partial charge in [0.1, 0.15) is 10.2 Å². The summed E-state index contributed by atoms with van der Waals surface area (Å²) in [6.07, 6.45) is -3.18. The summed E-state index contributed by atoms with van der Waals surface area (Å²) >= 11 is 2.56. The fraction of sp³-hybridized carbons (Fsp3) is 0.167. The predicted octanol–water partition coefficient (Wildman–Crippen LogP) is 2.62. The van der Waals surface area contributed by atoms with E-state index in [4.69, 9.17) is 10.7 Å². The van der Waals surface area contributed by atoms with Gasteiger partial charge >= 0.3 is 0 Å². The molecule has 17 heavy (non-hydrogen) atoms. The Kier molecular flexibility index (Phi) is 3.99. The van der Waals surface area contributed by atoms with Gasteiger partial charge in [0.2, 0.25) is 0 Å². The van der Waals surface area contributed by atoms with Crippen LogP contribution in [0.5, 0.6) is 0 Å². The molecule has 0 N–H and O–H groups in total. The van der Waals surface area contributed by atoms with E-state index in [9.17, 15) is 27.3 Å². The van der Waals surface area contributed by atoms with Crippen LogP contribution in [0.15, 0.2) is 15.6 Å². The molecule has 0 saturated carbocycles. The Bertz CT molecular complexity index is 580. The number of hydrogen-bond donors (Lipinski definition) is 0. The Hall–Kier alpha value is -0.870. The van der Waals surface area contributed by atoms with E-state index in [0.717, 1.165) is 0 Å². The van der Waals surface area contributed by atoms with E-state index in [2.05, 4.69) is 20.9 Å². The van der Waals surface area contributed by atoms with E-state index in [-0.39, 0.29) is 0 Å². The number of hydrogen-bond acceptors (Lipinski definition) is 5. The molecule has 0 aromatic carbocycles. The Labute approximate surface area is 106 Å². The molecular weight excluding hydrogens is 349 g/mol. The van der Waals surface area contributed by atoms with Crippen molar-refractivity contribution in [2.45, 2.75) is 11.5 Å². The van der Waals surface area contributed by atoms with Crippen molar-refractivity contribution in [1.29, 1.82) is 0 Å². The van der Waals surface area contributed by atoms with Gasteiger partial charge in [-0.1, -0.05) is 0 Å². The minimum absolute atomic E-state index is 0.498. The van der Waals surface area contributed by atoms with Crippen molar-refractivity contribution in [3.05, 3.63) is 26.3 Å². The van der Waals surface area contributed by atoms with E-state index in [1.165, 1.54) is 0 Å². The standard InChI is InChI=1S/C6H2BrClF2N2O4S/c7-4-2(12(13)14)1-3(17(8,15)16)11-5(4)6(9)10/h1,6H. The van der Waals surface area contributed by atoms with Gasteiger partial charge in [-0.05, 0) is 15.9 Å². The summed E-state index contributed by atoms with van der Waals surface area (Å²) < 4.78 is 46.2. The van der Waals surface area contributed by atoms with Crippen LogP contribution < -0.4 is 0 Å². The van der Waals surface area contributed by atoms with Gasteiger partial charge in [-0.3, -0.25) is 10.1 Å². The number of rotatable bonds is 3. The van der Waals surface area contributed by atoms with Crippen LogP contribution >= 0.6 is 26.6 Å². The molecule has 0 aliphatic heterocycles. The normalized spacial score (nSPS) is 11.8. The summed E-state index contributed by atoms with van der Waals surface area (Å²) in [6, 6.07) is 0.498. The lowest BCUT2D eigenvalue weighted by Crippen LogP contribution is -2.04. The Balaban J connectivity index is 3.65. The molecular formula is C6H2BrClF2N2O4S.